The second-order valence-corrected chi connectivity index (χ2v) is 7.42. The average molecular weight is 560 g/mol. The molecule has 0 unspecified atom stereocenters. The van der Waals surface area contributed by atoms with Gasteiger partial charge in [0.05, 0.1) is 5.56 Å². The lowest BCUT2D eigenvalue weighted by molar-refractivity contribution is -0.137. The minimum atomic E-state index is -4.38. The van der Waals surface area contributed by atoms with E-state index in [2.05, 4.69) is 31.2 Å². The number of nitrogens with one attached hydrogen (secondary N) is 4. The van der Waals surface area contributed by atoms with Crippen molar-refractivity contribution in [2.75, 3.05) is 38.5 Å². The van der Waals surface area contributed by atoms with Crippen molar-refractivity contribution in [3.8, 4) is 0 Å². The van der Waals surface area contributed by atoms with Gasteiger partial charge in [-0.25, -0.2) is 9.78 Å². The van der Waals surface area contributed by atoms with Crippen molar-refractivity contribution in [2.45, 2.75) is 45.4 Å². The van der Waals surface area contributed by atoms with Gasteiger partial charge in [-0.3, -0.25) is 4.99 Å². The lowest BCUT2D eigenvalue weighted by atomic mass is 10.2. The molecule has 1 aromatic rings. The van der Waals surface area contributed by atoms with Gasteiger partial charge in [0, 0.05) is 39.4 Å². The smallest absolute Gasteiger partial charge is 0.417 e. The summed E-state index contributed by atoms with van der Waals surface area (Å²) in [6.45, 7) is 7.66. The van der Waals surface area contributed by atoms with Crippen molar-refractivity contribution in [1.29, 1.82) is 0 Å². The Morgan fingerprint density at radius 1 is 1.03 bits per heavy atom. The Balaban J connectivity index is 0.00000900. The second kappa shape index (κ2) is 14.1. The molecule has 0 aromatic carbocycles. The summed E-state index contributed by atoms with van der Waals surface area (Å²) >= 11 is 0. The zero-order valence-electron chi connectivity index (χ0n) is 18.2. The maximum absolute atomic E-state index is 12.5. The Labute approximate surface area is 198 Å². The number of nitrogens with zero attached hydrogens (tertiary/aromatic N) is 2. The molecule has 0 fully saturated rings. The van der Waals surface area contributed by atoms with Gasteiger partial charge < -0.3 is 26.0 Å². The first-order valence-electron chi connectivity index (χ1n) is 9.70. The predicted octanol–water partition coefficient (Wildman–Crippen LogP) is 3.60. The highest BCUT2D eigenvalue weighted by atomic mass is 127. The van der Waals surface area contributed by atoms with Crippen molar-refractivity contribution in [1.82, 2.24) is 20.9 Å². The first kappa shape index (κ1) is 29.0. The lowest BCUT2D eigenvalue weighted by Crippen LogP contribution is -2.40. The van der Waals surface area contributed by atoms with E-state index in [0.29, 0.717) is 50.8 Å². The summed E-state index contributed by atoms with van der Waals surface area (Å²) in [7, 11) is 1.65. The van der Waals surface area contributed by atoms with Crippen LogP contribution in [0, 0.1) is 0 Å². The van der Waals surface area contributed by atoms with Crippen LogP contribution in [0.4, 0.5) is 23.8 Å². The van der Waals surface area contributed by atoms with Crippen LogP contribution >= 0.6 is 24.0 Å². The van der Waals surface area contributed by atoms with Crippen LogP contribution in [-0.4, -0.2) is 55.9 Å². The Bertz CT molecular complexity index is 679. The molecule has 178 valence electrons. The number of pyridine rings is 1. The molecule has 31 heavy (non-hydrogen) atoms. The number of anilines is 1. The fourth-order valence-electron chi connectivity index (χ4n) is 2.20. The van der Waals surface area contributed by atoms with Gasteiger partial charge in [-0.2, -0.15) is 13.2 Å². The number of rotatable bonds is 9. The van der Waals surface area contributed by atoms with Gasteiger partial charge in [0.2, 0.25) is 0 Å². The van der Waals surface area contributed by atoms with E-state index < -0.39 is 23.4 Å². The summed E-state index contributed by atoms with van der Waals surface area (Å²) in [4.78, 5) is 19.4. The number of guanidine groups is 1. The quantitative estimate of drug-likeness (QED) is 0.160. The number of carbonyl (C=O) groups is 1. The molecule has 0 aliphatic heterocycles. The minimum Gasteiger partial charge on any atom is -0.444 e. The Morgan fingerprint density at radius 2 is 1.61 bits per heavy atom. The normalized spacial score (nSPS) is 11.9. The van der Waals surface area contributed by atoms with E-state index >= 15 is 0 Å². The maximum atomic E-state index is 12.5. The number of halogens is 4. The van der Waals surface area contributed by atoms with Crippen LogP contribution in [0.15, 0.2) is 23.3 Å². The van der Waals surface area contributed by atoms with Crippen LogP contribution in [0.25, 0.3) is 0 Å². The molecule has 12 heteroatoms. The first-order chi connectivity index (χ1) is 14.0. The van der Waals surface area contributed by atoms with Crippen LogP contribution in [0.2, 0.25) is 0 Å². The van der Waals surface area contributed by atoms with Crippen molar-refractivity contribution in [3.05, 3.63) is 23.9 Å². The van der Waals surface area contributed by atoms with E-state index in [1.54, 1.807) is 27.8 Å². The summed E-state index contributed by atoms with van der Waals surface area (Å²) in [6.07, 6.45) is -2.61. The van der Waals surface area contributed by atoms with Gasteiger partial charge in [0.25, 0.3) is 0 Å². The predicted molar refractivity (Wildman–Crippen MR) is 126 cm³/mol. The number of alkyl carbamates (subject to hydrolysis) is 1. The van der Waals surface area contributed by atoms with Crippen molar-refractivity contribution >= 4 is 41.8 Å². The number of alkyl halides is 3. The van der Waals surface area contributed by atoms with Gasteiger partial charge in [-0.05, 0) is 45.7 Å². The summed E-state index contributed by atoms with van der Waals surface area (Å²) in [5, 5.41) is 11.9. The Morgan fingerprint density at radius 3 is 2.10 bits per heavy atom. The molecular weight excluding hydrogens is 528 g/mol. The van der Waals surface area contributed by atoms with Gasteiger partial charge in [0.1, 0.15) is 11.4 Å². The van der Waals surface area contributed by atoms with E-state index in [4.69, 9.17) is 4.74 Å². The van der Waals surface area contributed by atoms with E-state index in [0.717, 1.165) is 12.3 Å². The molecule has 0 bridgehead atoms. The summed E-state index contributed by atoms with van der Waals surface area (Å²) in [5.74, 6) is 1.02. The Hall–Kier alpha value is -1.99. The second-order valence-electron chi connectivity index (χ2n) is 7.42. The molecule has 0 saturated heterocycles. The minimum absolute atomic E-state index is 0. The summed E-state index contributed by atoms with van der Waals surface area (Å²) < 4.78 is 42.6. The van der Waals surface area contributed by atoms with E-state index in [1.165, 1.54) is 6.07 Å². The number of ether oxygens (including phenoxy) is 1. The molecule has 0 atom stereocenters. The number of aromatic nitrogens is 1. The molecule has 1 aromatic heterocycles. The molecule has 1 amide bonds. The summed E-state index contributed by atoms with van der Waals surface area (Å²) in [5.41, 5.74) is -1.29. The molecule has 1 rings (SSSR count). The van der Waals surface area contributed by atoms with Crippen molar-refractivity contribution in [2.24, 2.45) is 4.99 Å². The van der Waals surface area contributed by atoms with Gasteiger partial charge in [0.15, 0.2) is 5.96 Å². The molecule has 0 saturated carbocycles. The number of hydrogen-bond acceptors (Lipinski definition) is 5. The topological polar surface area (TPSA) is 99.7 Å². The highest BCUT2D eigenvalue weighted by Crippen LogP contribution is 2.28. The molecular formula is C19H32F3IN6O2. The van der Waals surface area contributed by atoms with Crippen LogP contribution in [0.3, 0.4) is 0 Å². The van der Waals surface area contributed by atoms with Crippen LogP contribution in [-0.2, 0) is 10.9 Å². The van der Waals surface area contributed by atoms with Crippen LogP contribution in [0.5, 0.6) is 0 Å². The van der Waals surface area contributed by atoms with E-state index in [1.807, 2.05) is 0 Å². The number of amides is 1. The molecule has 0 aliphatic rings. The zero-order valence-corrected chi connectivity index (χ0v) is 20.6. The van der Waals surface area contributed by atoms with Crippen LogP contribution in [0.1, 0.15) is 39.2 Å². The molecule has 0 aliphatic carbocycles. The number of aliphatic imine (C=N–C) groups is 1. The van der Waals surface area contributed by atoms with E-state index in [9.17, 15) is 18.0 Å². The molecule has 8 nitrogen and oxygen atoms in total. The Kier molecular flexibility index (Phi) is 13.2. The third-order valence-electron chi connectivity index (χ3n) is 3.58. The zero-order chi connectivity index (χ0) is 22.6. The fourth-order valence-corrected chi connectivity index (χ4v) is 2.20. The first-order valence-corrected chi connectivity index (χ1v) is 9.70. The monoisotopic (exact) mass is 560 g/mol. The largest absolute Gasteiger partial charge is 0.444 e. The average Bonchev–Trinajstić information content (AvgIpc) is 2.64. The molecule has 0 spiro atoms. The number of carbonyl (C=O) groups excluding carboxylic acids is 1. The van der Waals surface area contributed by atoms with Crippen molar-refractivity contribution in [3.63, 3.8) is 0 Å². The summed E-state index contributed by atoms with van der Waals surface area (Å²) in [6, 6.07) is 2.30. The number of hydrogen-bond donors (Lipinski definition) is 4. The van der Waals surface area contributed by atoms with E-state index in [-0.39, 0.29) is 24.0 Å². The van der Waals surface area contributed by atoms with Gasteiger partial charge in [-0.15, -0.1) is 24.0 Å². The third kappa shape index (κ3) is 13.8. The lowest BCUT2D eigenvalue weighted by Gasteiger charge is -2.19. The molecule has 0 radical (unpaired) electrons. The van der Waals surface area contributed by atoms with Crippen LogP contribution < -0.4 is 21.3 Å². The highest BCUT2D eigenvalue weighted by Gasteiger charge is 2.30. The maximum Gasteiger partial charge on any atom is 0.417 e. The fraction of sp³-hybridized carbons (Fsp3) is 0.632. The highest BCUT2D eigenvalue weighted by molar-refractivity contribution is 14.0. The van der Waals surface area contributed by atoms with Gasteiger partial charge >= 0.3 is 12.3 Å². The standard InChI is InChI=1S/C19H31F3N6O2.HI/c1-18(2,3)30-17(29)27-12-6-11-26-16(23-4)25-10-5-9-24-15-8-7-14(13-28-15)19(20,21)22;/h7-8,13H,5-6,9-12H2,1-4H3,(H,24,28)(H,27,29)(H2,23,25,26);1H. The SMILES string of the molecule is CN=C(NCCCNC(=O)OC(C)(C)C)NCCCNc1ccc(C(F)(F)F)cn1.I. The third-order valence-corrected chi connectivity index (χ3v) is 3.58. The molecule has 4 N–H and O–H groups in total. The molecule has 1 heterocycles. The van der Waals surface area contributed by atoms with Gasteiger partial charge in [-0.1, -0.05) is 0 Å². The van der Waals surface area contributed by atoms with Crippen molar-refractivity contribution < 1.29 is 22.7 Å².